The maximum Gasteiger partial charge on any atom is 0.410 e. The summed E-state index contributed by atoms with van der Waals surface area (Å²) >= 11 is 0. The van der Waals surface area contributed by atoms with E-state index in [0.29, 0.717) is 31.7 Å². The average molecular weight is 502 g/mol. The molecule has 2 atom stereocenters. The third-order valence-corrected chi connectivity index (χ3v) is 6.93. The highest BCUT2D eigenvalue weighted by Crippen LogP contribution is 2.28. The van der Waals surface area contributed by atoms with Crippen molar-refractivity contribution in [3.8, 4) is 0 Å². The standard InChI is InChI=1S/C27H43N5O4/c1-18(2)24-14-28-25-23(13-20(19(3)33)15-32(24)25)29-21-7-9-30(10-8-21)16-22-17-31(11-12-35-22)26(34)36-27(4,5)6/h13-15,18-19,21-22,29,33H,7-12,16-17H2,1-6H3/t19?,22-/m1/s1. The number of anilines is 1. The zero-order chi connectivity index (χ0) is 26.0. The van der Waals surface area contributed by atoms with Gasteiger partial charge in [0.1, 0.15) is 5.60 Å². The van der Waals surface area contributed by atoms with Crippen LogP contribution in [0.1, 0.15) is 77.7 Å². The molecule has 1 amide bonds. The molecule has 9 heteroatoms. The predicted molar refractivity (Wildman–Crippen MR) is 141 cm³/mol. The van der Waals surface area contributed by atoms with Crippen LogP contribution in [-0.2, 0) is 9.47 Å². The van der Waals surface area contributed by atoms with E-state index >= 15 is 0 Å². The van der Waals surface area contributed by atoms with Crippen LogP contribution in [0.15, 0.2) is 18.5 Å². The number of pyridine rings is 1. The van der Waals surface area contributed by atoms with Crippen LogP contribution in [0.4, 0.5) is 10.5 Å². The Kier molecular flexibility index (Phi) is 8.12. The minimum absolute atomic E-state index is 0.00232. The van der Waals surface area contributed by atoms with Gasteiger partial charge in [-0.2, -0.15) is 0 Å². The summed E-state index contributed by atoms with van der Waals surface area (Å²) in [4.78, 5) is 21.4. The van der Waals surface area contributed by atoms with Crippen LogP contribution in [0.5, 0.6) is 0 Å². The molecule has 2 aliphatic heterocycles. The number of rotatable bonds is 6. The number of likely N-dealkylation sites (tertiary alicyclic amines) is 1. The van der Waals surface area contributed by atoms with E-state index in [-0.39, 0.29) is 12.2 Å². The summed E-state index contributed by atoms with van der Waals surface area (Å²) in [5, 5.41) is 14.0. The second kappa shape index (κ2) is 10.9. The van der Waals surface area contributed by atoms with Gasteiger partial charge < -0.3 is 34.1 Å². The van der Waals surface area contributed by atoms with Crippen LogP contribution in [0.25, 0.3) is 5.65 Å². The Hall–Kier alpha value is -2.36. The lowest BCUT2D eigenvalue weighted by Crippen LogP contribution is -2.52. The number of piperidine rings is 1. The topological polar surface area (TPSA) is 91.6 Å². The number of carbonyl (C=O) groups excluding carboxylic acids is 1. The lowest BCUT2D eigenvalue weighted by Gasteiger charge is -2.38. The van der Waals surface area contributed by atoms with E-state index in [4.69, 9.17) is 14.5 Å². The number of nitrogens with one attached hydrogen (secondary N) is 1. The minimum Gasteiger partial charge on any atom is -0.444 e. The number of hydrogen-bond acceptors (Lipinski definition) is 7. The molecule has 2 saturated heterocycles. The molecule has 2 fully saturated rings. The van der Waals surface area contributed by atoms with Crippen molar-refractivity contribution in [2.24, 2.45) is 0 Å². The molecule has 0 saturated carbocycles. The average Bonchev–Trinajstić information content (AvgIpc) is 3.24. The predicted octanol–water partition coefficient (Wildman–Crippen LogP) is 4.02. The SMILES string of the molecule is CC(C)c1cnc2c(NC3CCN(C[C@@H]4CN(C(=O)OC(C)(C)C)CCO4)CC3)cc(C(C)O)cn12. The van der Waals surface area contributed by atoms with Crippen molar-refractivity contribution in [3.05, 3.63) is 29.7 Å². The Morgan fingerprint density at radius 1 is 1.25 bits per heavy atom. The van der Waals surface area contributed by atoms with Crippen molar-refractivity contribution in [3.63, 3.8) is 0 Å². The van der Waals surface area contributed by atoms with E-state index in [1.165, 1.54) is 0 Å². The molecular formula is C27H43N5O4. The van der Waals surface area contributed by atoms with E-state index < -0.39 is 11.7 Å². The number of aliphatic hydroxyl groups excluding tert-OH is 1. The summed E-state index contributed by atoms with van der Waals surface area (Å²) in [6, 6.07) is 2.36. The number of carbonyl (C=O) groups is 1. The van der Waals surface area contributed by atoms with E-state index in [1.54, 1.807) is 11.8 Å². The Morgan fingerprint density at radius 3 is 2.61 bits per heavy atom. The van der Waals surface area contributed by atoms with Gasteiger partial charge in [0, 0.05) is 50.3 Å². The summed E-state index contributed by atoms with van der Waals surface area (Å²) in [5.74, 6) is 0.341. The van der Waals surface area contributed by atoms with Gasteiger partial charge in [0.05, 0.1) is 31.0 Å². The maximum absolute atomic E-state index is 12.5. The van der Waals surface area contributed by atoms with Gasteiger partial charge in [-0.25, -0.2) is 9.78 Å². The fourth-order valence-corrected chi connectivity index (χ4v) is 4.98. The van der Waals surface area contributed by atoms with Crippen molar-refractivity contribution in [1.29, 1.82) is 0 Å². The molecule has 2 aromatic rings. The molecule has 200 valence electrons. The summed E-state index contributed by atoms with van der Waals surface area (Å²) in [7, 11) is 0. The number of aromatic nitrogens is 2. The molecule has 2 N–H and O–H groups in total. The van der Waals surface area contributed by atoms with Crippen LogP contribution in [0.3, 0.4) is 0 Å². The molecule has 1 unspecified atom stereocenters. The Morgan fingerprint density at radius 2 is 1.97 bits per heavy atom. The van der Waals surface area contributed by atoms with Crippen LogP contribution < -0.4 is 5.32 Å². The van der Waals surface area contributed by atoms with Crippen molar-refractivity contribution in [2.75, 3.05) is 44.6 Å². The Labute approximate surface area is 214 Å². The second-order valence-corrected chi connectivity index (χ2v) is 11.5. The minimum atomic E-state index is -0.546. The lowest BCUT2D eigenvalue weighted by molar-refractivity contribution is -0.0538. The molecule has 9 nitrogen and oxygen atoms in total. The fourth-order valence-electron chi connectivity index (χ4n) is 4.98. The maximum atomic E-state index is 12.5. The molecule has 4 heterocycles. The molecule has 36 heavy (non-hydrogen) atoms. The zero-order valence-corrected chi connectivity index (χ0v) is 22.7. The lowest BCUT2D eigenvalue weighted by atomic mass is 10.0. The van der Waals surface area contributed by atoms with E-state index in [2.05, 4.69) is 28.5 Å². The number of hydrogen-bond donors (Lipinski definition) is 2. The summed E-state index contributed by atoms with van der Waals surface area (Å²) in [6.45, 7) is 16.2. The molecule has 0 bridgehead atoms. The van der Waals surface area contributed by atoms with Crippen molar-refractivity contribution >= 4 is 17.4 Å². The van der Waals surface area contributed by atoms with Gasteiger partial charge in [-0.3, -0.25) is 0 Å². The van der Waals surface area contributed by atoms with Gasteiger partial charge >= 0.3 is 6.09 Å². The van der Waals surface area contributed by atoms with Crippen LogP contribution in [0, 0.1) is 0 Å². The van der Waals surface area contributed by atoms with Gasteiger partial charge in [0.2, 0.25) is 0 Å². The van der Waals surface area contributed by atoms with Crippen molar-refractivity contribution in [1.82, 2.24) is 19.2 Å². The van der Waals surface area contributed by atoms with Gasteiger partial charge in [-0.05, 0) is 58.1 Å². The molecule has 0 spiro atoms. The van der Waals surface area contributed by atoms with Gasteiger partial charge in [-0.1, -0.05) is 13.8 Å². The summed E-state index contributed by atoms with van der Waals surface area (Å²) in [6.07, 6.45) is 5.14. The third kappa shape index (κ3) is 6.49. The Bertz CT molecular complexity index is 1040. The monoisotopic (exact) mass is 501 g/mol. The van der Waals surface area contributed by atoms with Crippen molar-refractivity contribution < 1.29 is 19.4 Å². The number of morpholine rings is 1. The number of aliphatic hydroxyl groups is 1. The molecule has 0 aromatic carbocycles. The first-order chi connectivity index (χ1) is 17.0. The Balaban J connectivity index is 1.34. The summed E-state index contributed by atoms with van der Waals surface area (Å²) < 4.78 is 13.6. The molecular weight excluding hydrogens is 458 g/mol. The molecule has 2 aromatic heterocycles. The fraction of sp³-hybridized carbons (Fsp3) is 0.704. The number of nitrogens with zero attached hydrogens (tertiary/aromatic N) is 4. The first kappa shape index (κ1) is 26.7. The molecule has 0 aliphatic carbocycles. The summed E-state index contributed by atoms with van der Waals surface area (Å²) in [5.41, 5.74) is 3.41. The molecule has 4 rings (SSSR count). The molecule has 0 radical (unpaired) electrons. The first-order valence-electron chi connectivity index (χ1n) is 13.3. The van der Waals surface area contributed by atoms with E-state index in [0.717, 1.165) is 55.1 Å². The third-order valence-electron chi connectivity index (χ3n) is 6.93. The zero-order valence-electron chi connectivity index (χ0n) is 22.7. The number of amides is 1. The highest BCUT2D eigenvalue weighted by atomic mass is 16.6. The highest BCUT2D eigenvalue weighted by molar-refractivity contribution is 5.70. The van der Waals surface area contributed by atoms with Gasteiger partial charge in [-0.15, -0.1) is 0 Å². The number of fused-ring (bicyclic) bond motifs is 1. The number of imidazole rings is 1. The largest absolute Gasteiger partial charge is 0.444 e. The first-order valence-corrected chi connectivity index (χ1v) is 13.3. The highest BCUT2D eigenvalue weighted by Gasteiger charge is 2.30. The van der Waals surface area contributed by atoms with Crippen LogP contribution in [-0.4, -0.2) is 87.5 Å². The van der Waals surface area contributed by atoms with E-state index in [1.807, 2.05) is 39.2 Å². The van der Waals surface area contributed by atoms with Crippen LogP contribution >= 0.6 is 0 Å². The van der Waals surface area contributed by atoms with Gasteiger partial charge in [0.15, 0.2) is 5.65 Å². The normalized spacial score (nSPS) is 21.2. The van der Waals surface area contributed by atoms with E-state index in [9.17, 15) is 9.90 Å². The second-order valence-electron chi connectivity index (χ2n) is 11.5. The van der Waals surface area contributed by atoms with Gasteiger partial charge in [0.25, 0.3) is 0 Å². The van der Waals surface area contributed by atoms with Crippen molar-refractivity contribution in [2.45, 2.75) is 84.2 Å². The smallest absolute Gasteiger partial charge is 0.410 e. The quantitative estimate of drug-likeness (QED) is 0.618. The molecule has 2 aliphatic rings. The number of ether oxygens (including phenoxy) is 2. The van der Waals surface area contributed by atoms with Crippen LogP contribution in [0.2, 0.25) is 0 Å².